The maximum atomic E-state index is 12.1. The van der Waals surface area contributed by atoms with E-state index in [1.54, 1.807) is 12.1 Å². The van der Waals surface area contributed by atoms with Gasteiger partial charge in [0.05, 0.1) is 6.42 Å². The third-order valence-corrected chi connectivity index (χ3v) is 4.99. The standard InChI is InChI=1S/C15H21N3O2S/c1-21-13-4-2-3-12(13)17-14(19)9-10-5-7-11(8-6-10)15(16)18-20/h5-8,12-13,20H,2-4,9H2,1H3,(H2,16,18)(H,17,19). The molecule has 2 atom stereocenters. The van der Waals surface area contributed by atoms with Gasteiger partial charge in [-0.3, -0.25) is 4.79 Å². The molecule has 1 saturated carbocycles. The Morgan fingerprint density at radius 1 is 1.43 bits per heavy atom. The quantitative estimate of drug-likeness (QED) is 0.334. The van der Waals surface area contributed by atoms with Crippen molar-refractivity contribution in [1.82, 2.24) is 5.32 Å². The second-order valence-corrected chi connectivity index (χ2v) is 6.31. The molecule has 4 N–H and O–H groups in total. The lowest BCUT2D eigenvalue weighted by Gasteiger charge is -2.19. The molecule has 2 rings (SSSR count). The number of hydrogen-bond acceptors (Lipinski definition) is 4. The third-order valence-electron chi connectivity index (χ3n) is 3.82. The van der Waals surface area contributed by atoms with Crippen LogP contribution in [0, 0.1) is 0 Å². The first-order chi connectivity index (χ1) is 10.1. The minimum atomic E-state index is 0.0532. The predicted molar refractivity (Wildman–Crippen MR) is 85.7 cm³/mol. The molecule has 0 radical (unpaired) electrons. The van der Waals surface area contributed by atoms with Gasteiger partial charge in [-0.15, -0.1) is 0 Å². The van der Waals surface area contributed by atoms with Crippen molar-refractivity contribution in [2.24, 2.45) is 10.9 Å². The van der Waals surface area contributed by atoms with Crippen molar-refractivity contribution < 1.29 is 10.0 Å². The predicted octanol–water partition coefficient (Wildman–Crippen LogP) is 1.72. The first-order valence-corrected chi connectivity index (χ1v) is 8.32. The topological polar surface area (TPSA) is 87.7 Å². The molecular weight excluding hydrogens is 286 g/mol. The van der Waals surface area contributed by atoms with Crippen LogP contribution >= 0.6 is 11.8 Å². The molecule has 0 saturated heterocycles. The normalized spacial score (nSPS) is 22.2. The fraction of sp³-hybridized carbons (Fsp3) is 0.467. The molecular formula is C15H21N3O2S. The molecule has 1 amide bonds. The van der Waals surface area contributed by atoms with E-state index in [-0.39, 0.29) is 11.7 Å². The van der Waals surface area contributed by atoms with Crippen LogP contribution in [0.25, 0.3) is 0 Å². The molecule has 6 heteroatoms. The van der Waals surface area contributed by atoms with Gasteiger partial charge in [-0.25, -0.2) is 0 Å². The number of nitrogens with one attached hydrogen (secondary N) is 1. The molecule has 1 fully saturated rings. The van der Waals surface area contributed by atoms with Gasteiger partial charge in [0.15, 0.2) is 5.84 Å². The van der Waals surface area contributed by atoms with Gasteiger partial charge in [0.25, 0.3) is 0 Å². The van der Waals surface area contributed by atoms with Crippen molar-refractivity contribution in [2.45, 2.75) is 37.0 Å². The second-order valence-electron chi connectivity index (χ2n) is 5.24. The van der Waals surface area contributed by atoms with Gasteiger partial charge in [-0.1, -0.05) is 35.8 Å². The van der Waals surface area contributed by atoms with E-state index in [2.05, 4.69) is 16.7 Å². The van der Waals surface area contributed by atoms with Gasteiger partial charge in [0, 0.05) is 16.9 Å². The Labute approximate surface area is 129 Å². The minimum absolute atomic E-state index is 0.0532. The Bertz CT molecular complexity index is 516. The summed E-state index contributed by atoms with van der Waals surface area (Å²) in [5.41, 5.74) is 7.06. The molecule has 1 aromatic rings. The van der Waals surface area contributed by atoms with Gasteiger partial charge in [-0.2, -0.15) is 11.8 Å². The highest BCUT2D eigenvalue weighted by Gasteiger charge is 2.27. The molecule has 0 heterocycles. The summed E-state index contributed by atoms with van der Waals surface area (Å²) >= 11 is 1.83. The van der Waals surface area contributed by atoms with Crippen molar-refractivity contribution in [3.05, 3.63) is 35.4 Å². The summed E-state index contributed by atoms with van der Waals surface area (Å²) in [7, 11) is 0. The van der Waals surface area contributed by atoms with Crippen LogP contribution in [0.15, 0.2) is 29.4 Å². The maximum absolute atomic E-state index is 12.1. The molecule has 114 valence electrons. The molecule has 0 aromatic heterocycles. The molecule has 0 aliphatic heterocycles. The van der Waals surface area contributed by atoms with E-state index in [4.69, 9.17) is 10.9 Å². The number of nitrogens with two attached hydrogens (primary N) is 1. The van der Waals surface area contributed by atoms with Gasteiger partial charge in [0.1, 0.15) is 0 Å². The second kappa shape index (κ2) is 7.36. The lowest BCUT2D eigenvalue weighted by molar-refractivity contribution is -0.121. The number of nitrogens with zero attached hydrogens (tertiary/aromatic N) is 1. The first kappa shape index (κ1) is 15.7. The number of carbonyl (C=O) groups is 1. The number of amidine groups is 1. The minimum Gasteiger partial charge on any atom is -0.409 e. The molecule has 0 bridgehead atoms. The van der Waals surface area contributed by atoms with Crippen molar-refractivity contribution in [2.75, 3.05) is 6.26 Å². The highest BCUT2D eigenvalue weighted by Crippen LogP contribution is 2.28. The van der Waals surface area contributed by atoms with Crippen LogP contribution < -0.4 is 11.1 Å². The van der Waals surface area contributed by atoms with E-state index in [0.29, 0.717) is 23.3 Å². The van der Waals surface area contributed by atoms with E-state index in [1.165, 1.54) is 12.8 Å². The van der Waals surface area contributed by atoms with Crippen LogP contribution in [0.4, 0.5) is 0 Å². The number of hydrogen-bond donors (Lipinski definition) is 3. The van der Waals surface area contributed by atoms with Crippen LogP contribution in [0.5, 0.6) is 0 Å². The summed E-state index contributed by atoms with van der Waals surface area (Å²) in [6.45, 7) is 0. The van der Waals surface area contributed by atoms with E-state index in [9.17, 15) is 4.79 Å². The Kier molecular flexibility index (Phi) is 5.50. The highest BCUT2D eigenvalue weighted by atomic mass is 32.2. The molecule has 1 aliphatic carbocycles. The van der Waals surface area contributed by atoms with Crippen LogP contribution in [0.3, 0.4) is 0 Å². The zero-order chi connectivity index (χ0) is 15.2. The average Bonchev–Trinajstić information content (AvgIpc) is 2.94. The van der Waals surface area contributed by atoms with Crippen LogP contribution in [0.2, 0.25) is 0 Å². The number of thioether (sulfide) groups is 1. The van der Waals surface area contributed by atoms with Crippen LogP contribution in [0.1, 0.15) is 30.4 Å². The Balaban J connectivity index is 1.90. The van der Waals surface area contributed by atoms with Gasteiger partial charge >= 0.3 is 0 Å². The van der Waals surface area contributed by atoms with Crippen molar-refractivity contribution >= 4 is 23.5 Å². The van der Waals surface area contributed by atoms with Crippen molar-refractivity contribution in [3.63, 3.8) is 0 Å². The monoisotopic (exact) mass is 307 g/mol. The number of carbonyl (C=O) groups excluding carboxylic acids is 1. The largest absolute Gasteiger partial charge is 0.409 e. The van der Waals surface area contributed by atoms with Gasteiger partial charge in [0.2, 0.25) is 5.91 Å². The molecule has 2 unspecified atom stereocenters. The van der Waals surface area contributed by atoms with E-state index in [1.807, 2.05) is 23.9 Å². The number of rotatable bonds is 5. The molecule has 0 spiro atoms. The summed E-state index contributed by atoms with van der Waals surface area (Å²) in [5.74, 6) is 0.122. The Morgan fingerprint density at radius 3 is 2.76 bits per heavy atom. The highest BCUT2D eigenvalue weighted by molar-refractivity contribution is 7.99. The summed E-state index contributed by atoms with van der Waals surface area (Å²) < 4.78 is 0. The smallest absolute Gasteiger partial charge is 0.224 e. The van der Waals surface area contributed by atoms with Crippen molar-refractivity contribution in [3.8, 4) is 0 Å². The lowest BCUT2D eigenvalue weighted by atomic mass is 10.1. The fourth-order valence-corrected chi connectivity index (χ4v) is 3.60. The van der Waals surface area contributed by atoms with Gasteiger partial charge < -0.3 is 16.3 Å². The van der Waals surface area contributed by atoms with E-state index < -0.39 is 0 Å². The molecule has 5 nitrogen and oxygen atoms in total. The zero-order valence-electron chi connectivity index (χ0n) is 12.1. The van der Waals surface area contributed by atoms with Gasteiger partial charge in [-0.05, 0) is 24.7 Å². The number of oxime groups is 1. The molecule has 1 aromatic carbocycles. The number of amides is 1. The Hall–Kier alpha value is -1.69. The summed E-state index contributed by atoms with van der Waals surface area (Å²) in [6.07, 6.45) is 5.89. The van der Waals surface area contributed by atoms with Crippen molar-refractivity contribution in [1.29, 1.82) is 0 Å². The van der Waals surface area contributed by atoms with E-state index >= 15 is 0 Å². The molecule has 21 heavy (non-hydrogen) atoms. The summed E-state index contributed by atoms with van der Waals surface area (Å²) in [6, 6.07) is 7.45. The zero-order valence-corrected chi connectivity index (χ0v) is 12.9. The summed E-state index contributed by atoms with van der Waals surface area (Å²) in [4.78, 5) is 12.1. The SMILES string of the molecule is CSC1CCCC1NC(=O)Cc1ccc(/C(N)=N/O)cc1. The Morgan fingerprint density at radius 2 is 2.14 bits per heavy atom. The molecule has 1 aliphatic rings. The fourth-order valence-electron chi connectivity index (χ4n) is 2.67. The van der Waals surface area contributed by atoms with E-state index in [0.717, 1.165) is 12.0 Å². The number of benzene rings is 1. The van der Waals surface area contributed by atoms with Crippen LogP contribution in [-0.2, 0) is 11.2 Å². The maximum Gasteiger partial charge on any atom is 0.224 e. The summed E-state index contributed by atoms with van der Waals surface area (Å²) in [5, 5.41) is 15.2. The first-order valence-electron chi connectivity index (χ1n) is 7.03. The lowest BCUT2D eigenvalue weighted by Crippen LogP contribution is -2.39. The average molecular weight is 307 g/mol. The third kappa shape index (κ3) is 4.14. The van der Waals surface area contributed by atoms with Crippen LogP contribution in [-0.4, -0.2) is 34.5 Å².